The van der Waals surface area contributed by atoms with Crippen LogP contribution in [-0.4, -0.2) is 78.2 Å². The summed E-state index contributed by atoms with van der Waals surface area (Å²) >= 11 is 0. The lowest BCUT2D eigenvalue weighted by Gasteiger charge is -2.39. The SMILES string of the molecule is O=c1c(O)c(-c2ccc(O)cc2)oc2cc(O[C@@H]3O[C@H](CO)[C@@H](O)[C@H](O)[C@@H]3O)c(O)c(O)c12. The maximum atomic E-state index is 12.7. The van der Waals surface area contributed by atoms with Gasteiger partial charge in [-0.3, -0.25) is 4.79 Å². The van der Waals surface area contributed by atoms with Crippen molar-refractivity contribution in [2.45, 2.75) is 30.7 Å². The summed E-state index contributed by atoms with van der Waals surface area (Å²) in [5.41, 5.74) is -1.17. The van der Waals surface area contributed by atoms with Crippen molar-refractivity contribution in [2.75, 3.05) is 6.61 Å². The zero-order valence-electron chi connectivity index (χ0n) is 16.7. The van der Waals surface area contributed by atoms with Crippen molar-refractivity contribution >= 4 is 11.0 Å². The number of hydrogen-bond acceptors (Lipinski definition) is 12. The molecule has 176 valence electrons. The third-order valence-electron chi connectivity index (χ3n) is 5.29. The van der Waals surface area contributed by atoms with E-state index in [1.54, 1.807) is 0 Å². The fourth-order valence-corrected chi connectivity index (χ4v) is 3.48. The Bertz CT molecular complexity index is 1230. The molecule has 12 nitrogen and oxygen atoms in total. The molecule has 1 saturated heterocycles. The zero-order chi connectivity index (χ0) is 24.0. The van der Waals surface area contributed by atoms with Gasteiger partial charge in [-0.2, -0.15) is 0 Å². The normalized spacial score (nSPS) is 25.3. The molecule has 4 rings (SSSR count). The van der Waals surface area contributed by atoms with Crippen molar-refractivity contribution in [2.24, 2.45) is 0 Å². The smallest absolute Gasteiger partial charge is 0.238 e. The lowest BCUT2D eigenvalue weighted by molar-refractivity contribution is -0.277. The van der Waals surface area contributed by atoms with Crippen LogP contribution in [-0.2, 0) is 4.74 Å². The van der Waals surface area contributed by atoms with Gasteiger partial charge < -0.3 is 54.7 Å². The number of aromatic hydroxyl groups is 4. The molecule has 3 aromatic rings. The van der Waals surface area contributed by atoms with Crippen LogP contribution in [0.2, 0.25) is 0 Å². The number of aliphatic hydroxyl groups is 4. The second-order valence-electron chi connectivity index (χ2n) is 7.42. The Balaban J connectivity index is 1.80. The average molecular weight is 464 g/mol. The summed E-state index contributed by atoms with van der Waals surface area (Å²) in [5.74, 6) is -3.70. The van der Waals surface area contributed by atoms with Crippen LogP contribution in [0.5, 0.6) is 28.7 Å². The zero-order valence-corrected chi connectivity index (χ0v) is 16.7. The highest BCUT2D eigenvalue weighted by atomic mass is 16.7. The first kappa shape index (κ1) is 22.6. The second-order valence-corrected chi connectivity index (χ2v) is 7.42. The van der Waals surface area contributed by atoms with Crippen molar-refractivity contribution in [3.8, 4) is 40.1 Å². The fraction of sp³-hybridized carbons (Fsp3) is 0.286. The number of ether oxygens (including phenoxy) is 2. The lowest BCUT2D eigenvalue weighted by Crippen LogP contribution is -2.60. The van der Waals surface area contributed by atoms with E-state index in [4.69, 9.17) is 13.9 Å². The average Bonchev–Trinajstić information content (AvgIpc) is 2.80. The standard InChI is InChI=1S/C21H20O12/c22-6-11-14(25)17(28)19(30)21(33-11)32-10-5-9-12(15(26)13(10)24)16(27)18(29)20(31-9)7-1-3-8(23)4-2-7/h1-5,11,14,17,19,21-26,28-30H,6H2/t11-,14-,17+,19+,21-/m1/s1. The van der Waals surface area contributed by atoms with Gasteiger partial charge in [0.25, 0.3) is 0 Å². The molecule has 8 N–H and O–H groups in total. The minimum absolute atomic E-state index is 0.0702. The molecule has 0 spiro atoms. The van der Waals surface area contributed by atoms with Crippen molar-refractivity contribution in [3.63, 3.8) is 0 Å². The largest absolute Gasteiger partial charge is 0.508 e. The maximum Gasteiger partial charge on any atom is 0.238 e. The number of rotatable bonds is 4. The molecule has 0 radical (unpaired) electrons. The summed E-state index contributed by atoms with van der Waals surface area (Å²) in [6, 6.07) is 6.30. The van der Waals surface area contributed by atoms with E-state index in [9.17, 15) is 45.6 Å². The van der Waals surface area contributed by atoms with Crippen molar-refractivity contribution in [1.82, 2.24) is 0 Å². The summed E-state index contributed by atoms with van der Waals surface area (Å²) in [6.07, 6.45) is -8.19. The Morgan fingerprint density at radius 2 is 1.55 bits per heavy atom. The number of fused-ring (bicyclic) bond motifs is 1. The molecule has 0 bridgehead atoms. The lowest BCUT2D eigenvalue weighted by atomic mass is 9.99. The molecular formula is C21H20O12. The van der Waals surface area contributed by atoms with E-state index in [-0.39, 0.29) is 22.7 Å². The summed E-state index contributed by atoms with van der Waals surface area (Å²) in [5, 5.41) is 79.0. The second kappa shape index (κ2) is 8.42. The first-order valence-corrected chi connectivity index (χ1v) is 9.65. The highest BCUT2D eigenvalue weighted by Gasteiger charge is 2.45. The van der Waals surface area contributed by atoms with Crippen LogP contribution in [0.25, 0.3) is 22.3 Å². The summed E-state index contributed by atoms with van der Waals surface area (Å²) < 4.78 is 16.1. The molecule has 0 aliphatic carbocycles. The van der Waals surface area contributed by atoms with E-state index in [2.05, 4.69) is 0 Å². The molecule has 1 aliphatic rings. The minimum Gasteiger partial charge on any atom is -0.508 e. The molecule has 0 unspecified atom stereocenters. The number of phenols is 3. The molecule has 1 fully saturated rings. The number of hydrogen-bond donors (Lipinski definition) is 8. The van der Waals surface area contributed by atoms with Crippen LogP contribution in [0.4, 0.5) is 0 Å². The molecule has 1 aromatic heterocycles. The highest BCUT2D eigenvalue weighted by Crippen LogP contribution is 2.44. The monoisotopic (exact) mass is 464 g/mol. The Labute approximate surface area is 184 Å². The molecular weight excluding hydrogens is 444 g/mol. The third kappa shape index (κ3) is 3.79. The van der Waals surface area contributed by atoms with Gasteiger partial charge in [-0.1, -0.05) is 0 Å². The maximum absolute atomic E-state index is 12.7. The minimum atomic E-state index is -1.81. The summed E-state index contributed by atoms with van der Waals surface area (Å²) in [7, 11) is 0. The number of benzene rings is 2. The van der Waals surface area contributed by atoms with Crippen LogP contribution >= 0.6 is 0 Å². The van der Waals surface area contributed by atoms with Crippen molar-refractivity contribution < 1.29 is 54.7 Å². The Kier molecular flexibility index (Phi) is 5.78. The van der Waals surface area contributed by atoms with E-state index < -0.39 is 71.1 Å². The molecule has 0 amide bonds. The van der Waals surface area contributed by atoms with E-state index in [0.29, 0.717) is 0 Å². The molecule has 2 heterocycles. The van der Waals surface area contributed by atoms with Gasteiger partial charge in [-0.25, -0.2) is 0 Å². The van der Waals surface area contributed by atoms with E-state index >= 15 is 0 Å². The summed E-state index contributed by atoms with van der Waals surface area (Å²) in [6.45, 7) is -0.718. The quantitative estimate of drug-likeness (QED) is 0.229. The Morgan fingerprint density at radius 3 is 2.18 bits per heavy atom. The third-order valence-corrected chi connectivity index (χ3v) is 5.29. The summed E-state index contributed by atoms with van der Waals surface area (Å²) in [4.78, 5) is 12.7. The number of aliphatic hydroxyl groups excluding tert-OH is 4. The first-order chi connectivity index (χ1) is 15.6. The van der Waals surface area contributed by atoms with Gasteiger partial charge in [-0.15, -0.1) is 0 Å². The predicted octanol–water partition coefficient (Wildman–Crippen LogP) is -0.539. The molecule has 2 aromatic carbocycles. The van der Waals surface area contributed by atoms with Crippen LogP contribution in [0.1, 0.15) is 0 Å². The first-order valence-electron chi connectivity index (χ1n) is 9.65. The fourth-order valence-electron chi connectivity index (χ4n) is 3.48. The van der Waals surface area contributed by atoms with E-state index in [0.717, 1.165) is 6.07 Å². The van der Waals surface area contributed by atoms with E-state index in [1.807, 2.05) is 0 Å². The Morgan fingerprint density at radius 1 is 0.879 bits per heavy atom. The van der Waals surface area contributed by atoms with Gasteiger partial charge in [0.1, 0.15) is 41.1 Å². The van der Waals surface area contributed by atoms with Gasteiger partial charge >= 0.3 is 0 Å². The predicted molar refractivity (Wildman–Crippen MR) is 109 cm³/mol. The molecule has 12 heteroatoms. The van der Waals surface area contributed by atoms with Crippen LogP contribution in [0.3, 0.4) is 0 Å². The van der Waals surface area contributed by atoms with Crippen LogP contribution in [0, 0.1) is 0 Å². The van der Waals surface area contributed by atoms with Gasteiger partial charge in [0.15, 0.2) is 17.3 Å². The van der Waals surface area contributed by atoms with Gasteiger partial charge in [0, 0.05) is 11.6 Å². The van der Waals surface area contributed by atoms with Gasteiger partial charge in [-0.05, 0) is 24.3 Å². The van der Waals surface area contributed by atoms with Crippen LogP contribution in [0.15, 0.2) is 39.5 Å². The molecule has 0 saturated carbocycles. The van der Waals surface area contributed by atoms with Gasteiger partial charge in [0.2, 0.25) is 23.2 Å². The van der Waals surface area contributed by atoms with Gasteiger partial charge in [0.05, 0.1) is 6.61 Å². The topological polar surface area (TPSA) is 211 Å². The molecule has 33 heavy (non-hydrogen) atoms. The highest BCUT2D eigenvalue weighted by molar-refractivity contribution is 5.91. The van der Waals surface area contributed by atoms with Crippen molar-refractivity contribution in [3.05, 3.63) is 40.6 Å². The van der Waals surface area contributed by atoms with E-state index in [1.165, 1.54) is 24.3 Å². The van der Waals surface area contributed by atoms with Crippen LogP contribution < -0.4 is 10.2 Å². The molecule has 1 aliphatic heterocycles. The van der Waals surface area contributed by atoms with Crippen molar-refractivity contribution in [1.29, 1.82) is 0 Å². The molecule has 5 atom stereocenters. The Hall–Kier alpha value is -3.55. The number of phenolic OH excluding ortho intramolecular Hbond substituents is 3.